The van der Waals surface area contributed by atoms with Gasteiger partial charge in [-0.3, -0.25) is 5.21 Å². The van der Waals surface area contributed by atoms with E-state index >= 15 is 0 Å². The number of rotatable bonds is 0. The SMILES string of the molecule is CC12C=C3C=CC(=N3)C=c3ccc([nH]3)=CC3=NC(=CC(=CC1)N2O)C=C3. The van der Waals surface area contributed by atoms with Crippen LogP contribution in [-0.2, 0) is 0 Å². The van der Waals surface area contributed by atoms with Crippen LogP contribution in [0.15, 0.2) is 81.7 Å². The van der Waals surface area contributed by atoms with Crippen molar-refractivity contribution < 1.29 is 5.21 Å². The first-order chi connectivity index (χ1) is 12.6. The quantitative estimate of drug-likeness (QED) is 0.758. The molecule has 1 atom stereocenters. The number of hydrogen-bond acceptors (Lipinski definition) is 4. The van der Waals surface area contributed by atoms with E-state index in [4.69, 9.17) is 0 Å². The molecule has 4 aliphatic heterocycles. The van der Waals surface area contributed by atoms with Crippen molar-refractivity contribution in [1.82, 2.24) is 10.0 Å². The van der Waals surface area contributed by atoms with Gasteiger partial charge in [0, 0.05) is 10.7 Å². The van der Waals surface area contributed by atoms with Crippen LogP contribution in [0.3, 0.4) is 0 Å². The van der Waals surface area contributed by atoms with Crippen LogP contribution in [-0.4, -0.2) is 32.2 Å². The van der Waals surface area contributed by atoms with Crippen molar-refractivity contribution in [3.05, 3.63) is 82.5 Å². The summed E-state index contributed by atoms with van der Waals surface area (Å²) in [5.41, 5.74) is 3.67. The van der Waals surface area contributed by atoms with E-state index in [1.807, 2.05) is 73.7 Å². The van der Waals surface area contributed by atoms with Gasteiger partial charge in [0.15, 0.2) is 0 Å². The van der Waals surface area contributed by atoms with Gasteiger partial charge in [0.25, 0.3) is 0 Å². The summed E-state index contributed by atoms with van der Waals surface area (Å²) in [6.45, 7) is 2.00. The highest BCUT2D eigenvalue weighted by atomic mass is 16.5. The second-order valence-electron chi connectivity index (χ2n) is 7.04. The van der Waals surface area contributed by atoms with Gasteiger partial charge in [0.2, 0.25) is 0 Å². The largest absolute Gasteiger partial charge is 0.355 e. The lowest BCUT2D eigenvalue weighted by Gasteiger charge is -2.30. The number of aromatic nitrogens is 1. The molecule has 0 fully saturated rings. The van der Waals surface area contributed by atoms with Crippen molar-refractivity contribution in [2.75, 3.05) is 0 Å². The Balaban J connectivity index is 1.69. The highest BCUT2D eigenvalue weighted by Crippen LogP contribution is 2.34. The highest BCUT2D eigenvalue weighted by molar-refractivity contribution is 6.20. The van der Waals surface area contributed by atoms with E-state index in [2.05, 4.69) is 15.0 Å². The van der Waals surface area contributed by atoms with E-state index in [0.29, 0.717) is 6.42 Å². The van der Waals surface area contributed by atoms with Gasteiger partial charge in [-0.1, -0.05) is 6.08 Å². The average molecular weight is 342 g/mol. The fourth-order valence-corrected chi connectivity index (χ4v) is 3.52. The third-order valence-electron chi connectivity index (χ3n) is 4.91. The lowest BCUT2D eigenvalue weighted by atomic mass is 9.99. The molecule has 0 aromatic carbocycles. The summed E-state index contributed by atoms with van der Waals surface area (Å²) in [6.07, 6.45) is 18.5. The zero-order valence-electron chi connectivity index (χ0n) is 14.3. The summed E-state index contributed by atoms with van der Waals surface area (Å²) in [4.78, 5) is 12.6. The van der Waals surface area contributed by atoms with Crippen LogP contribution in [0.5, 0.6) is 0 Å². The van der Waals surface area contributed by atoms with Crippen LogP contribution < -0.4 is 10.7 Å². The molecule has 0 saturated carbocycles. The van der Waals surface area contributed by atoms with Crippen molar-refractivity contribution in [1.29, 1.82) is 0 Å². The Bertz CT molecular complexity index is 1140. The van der Waals surface area contributed by atoms with Crippen LogP contribution in [0.25, 0.3) is 12.2 Å². The molecule has 0 spiro atoms. The van der Waals surface area contributed by atoms with Gasteiger partial charge in [0.05, 0.1) is 34.1 Å². The summed E-state index contributed by atoms with van der Waals surface area (Å²) in [6, 6.07) is 4.06. The van der Waals surface area contributed by atoms with Gasteiger partial charge in [-0.2, -0.15) is 0 Å². The number of aromatic amines is 1. The third kappa shape index (κ3) is 2.53. The van der Waals surface area contributed by atoms with Crippen LogP contribution >= 0.6 is 0 Å². The van der Waals surface area contributed by atoms with Gasteiger partial charge in [0.1, 0.15) is 0 Å². The summed E-state index contributed by atoms with van der Waals surface area (Å²) < 4.78 is 0. The molecule has 5 heterocycles. The molecule has 2 N–H and O–H groups in total. The molecule has 5 heteroatoms. The molecule has 5 nitrogen and oxygen atoms in total. The monoisotopic (exact) mass is 342 g/mol. The van der Waals surface area contributed by atoms with Crippen LogP contribution in [0.2, 0.25) is 0 Å². The number of fused-ring (bicyclic) bond motifs is 6. The number of nitrogens with zero attached hydrogens (tertiary/aromatic N) is 3. The Labute approximate surface area is 150 Å². The molecule has 0 amide bonds. The Morgan fingerprint density at radius 2 is 1.62 bits per heavy atom. The molecule has 0 aliphatic carbocycles. The number of allylic oxidation sites excluding steroid dienone is 5. The molecule has 1 unspecified atom stereocenters. The molecular weight excluding hydrogens is 324 g/mol. The van der Waals surface area contributed by atoms with E-state index in [-0.39, 0.29) is 0 Å². The number of H-pyrrole nitrogens is 1. The molecule has 1 aromatic heterocycles. The maximum atomic E-state index is 10.7. The van der Waals surface area contributed by atoms with Gasteiger partial charge in [-0.25, -0.2) is 15.0 Å². The molecule has 8 bridgehead atoms. The first-order valence-corrected chi connectivity index (χ1v) is 8.63. The Morgan fingerprint density at radius 3 is 2.35 bits per heavy atom. The predicted molar refractivity (Wildman–Crippen MR) is 103 cm³/mol. The van der Waals surface area contributed by atoms with Crippen molar-refractivity contribution in [3.8, 4) is 0 Å². The summed E-state index contributed by atoms with van der Waals surface area (Å²) in [7, 11) is 0. The molecule has 26 heavy (non-hydrogen) atoms. The second-order valence-corrected chi connectivity index (χ2v) is 7.04. The minimum atomic E-state index is -0.525. The lowest BCUT2D eigenvalue weighted by Crippen LogP contribution is -2.37. The van der Waals surface area contributed by atoms with Crippen molar-refractivity contribution in [2.45, 2.75) is 18.9 Å². The number of hydroxylamine groups is 2. The molecule has 5 rings (SSSR count). The van der Waals surface area contributed by atoms with Crippen LogP contribution in [0.4, 0.5) is 0 Å². The molecule has 0 radical (unpaired) electrons. The summed E-state index contributed by atoms with van der Waals surface area (Å²) in [5, 5.41) is 14.0. The zero-order chi connectivity index (χ0) is 17.7. The minimum Gasteiger partial charge on any atom is -0.355 e. The van der Waals surface area contributed by atoms with Gasteiger partial charge < -0.3 is 4.98 Å². The summed E-state index contributed by atoms with van der Waals surface area (Å²) >= 11 is 0. The zero-order valence-corrected chi connectivity index (χ0v) is 14.3. The van der Waals surface area contributed by atoms with Crippen molar-refractivity contribution in [2.24, 2.45) is 9.98 Å². The Hall–Kier alpha value is -3.18. The smallest absolute Gasteiger partial charge is 0.0881 e. The average Bonchev–Trinajstić information content (AvgIpc) is 3.37. The molecule has 128 valence electrons. The molecule has 0 saturated heterocycles. The lowest BCUT2D eigenvalue weighted by molar-refractivity contribution is -0.103. The molecular formula is C21H18N4O. The first kappa shape index (κ1) is 15.1. The van der Waals surface area contributed by atoms with E-state index < -0.39 is 5.54 Å². The van der Waals surface area contributed by atoms with Gasteiger partial charge in [-0.15, -0.1) is 0 Å². The maximum absolute atomic E-state index is 10.7. The van der Waals surface area contributed by atoms with Crippen molar-refractivity contribution in [3.63, 3.8) is 0 Å². The Morgan fingerprint density at radius 1 is 0.962 bits per heavy atom. The fourth-order valence-electron chi connectivity index (χ4n) is 3.52. The van der Waals surface area contributed by atoms with E-state index in [9.17, 15) is 5.21 Å². The van der Waals surface area contributed by atoms with E-state index in [1.165, 1.54) is 5.06 Å². The number of nitrogens with one attached hydrogen (secondary N) is 1. The maximum Gasteiger partial charge on any atom is 0.0881 e. The molecule has 4 aliphatic rings. The topological polar surface area (TPSA) is 64.0 Å². The van der Waals surface area contributed by atoms with E-state index in [0.717, 1.165) is 39.2 Å². The van der Waals surface area contributed by atoms with Crippen molar-refractivity contribution >= 4 is 23.6 Å². The first-order valence-electron chi connectivity index (χ1n) is 8.63. The standard InChI is InChI=1S/C21H18N4O/c1-21-9-8-20(25(21)26)12-18-5-4-16(23-18)10-14-2-3-15(22-14)11-17-6-7-19(13-21)24-17/h2-8,10-13,22,26H,9H2,1H3. The predicted octanol–water partition coefficient (Wildman–Crippen LogP) is 2.12. The summed E-state index contributed by atoms with van der Waals surface area (Å²) in [5.74, 6) is 0. The Kier molecular flexibility index (Phi) is 3.14. The molecule has 1 aromatic rings. The highest BCUT2D eigenvalue weighted by Gasteiger charge is 2.35. The third-order valence-corrected chi connectivity index (χ3v) is 4.91. The number of aliphatic imine (C=N–C) groups is 2. The van der Waals surface area contributed by atoms with E-state index in [1.54, 1.807) is 0 Å². The number of hydrogen-bond donors (Lipinski definition) is 2. The fraction of sp³-hybridized carbons (Fsp3) is 0.143. The van der Waals surface area contributed by atoms with Crippen LogP contribution in [0, 0.1) is 0 Å². The van der Waals surface area contributed by atoms with Gasteiger partial charge >= 0.3 is 0 Å². The van der Waals surface area contributed by atoms with Crippen LogP contribution in [0.1, 0.15) is 13.3 Å². The normalized spacial score (nSPS) is 25.9. The minimum absolute atomic E-state index is 0.525. The van der Waals surface area contributed by atoms with Gasteiger partial charge in [-0.05, 0) is 74.1 Å². The second kappa shape index (κ2) is 5.41.